The Kier molecular flexibility index (Phi) is 6.45. The van der Waals surface area contributed by atoms with Crippen LogP contribution in [0.2, 0.25) is 0 Å². The van der Waals surface area contributed by atoms with Crippen molar-refractivity contribution in [3.05, 3.63) is 0 Å². The largest absolute Gasteiger partial charge is 0.0654 e. The van der Waals surface area contributed by atoms with Crippen molar-refractivity contribution in [2.24, 2.45) is 11.3 Å². The lowest BCUT2D eigenvalue weighted by atomic mass is 9.80. The third kappa shape index (κ3) is 7.10. The normalized spacial score (nSPS) is 14.5. The van der Waals surface area contributed by atoms with Crippen LogP contribution in [-0.4, -0.2) is 0 Å². The predicted molar refractivity (Wildman–Crippen MR) is 62.0 cm³/mol. The van der Waals surface area contributed by atoms with E-state index in [2.05, 4.69) is 34.6 Å². The number of rotatable bonds is 7. The molecule has 0 aliphatic rings. The molecular formula is C13H28. The SMILES string of the molecule is CCCCC(C)(C)CCC(C)CC. The lowest BCUT2D eigenvalue weighted by Crippen LogP contribution is -2.12. The summed E-state index contributed by atoms with van der Waals surface area (Å²) in [6.07, 6.45) is 8.29. The van der Waals surface area contributed by atoms with E-state index in [4.69, 9.17) is 0 Å². The van der Waals surface area contributed by atoms with Crippen LogP contribution >= 0.6 is 0 Å². The maximum Gasteiger partial charge on any atom is -0.0354 e. The summed E-state index contributed by atoms with van der Waals surface area (Å²) in [6, 6.07) is 0. The zero-order valence-corrected chi connectivity index (χ0v) is 10.3. The molecule has 0 saturated carbocycles. The predicted octanol–water partition coefficient (Wildman–Crippen LogP) is 5.03. The maximum absolute atomic E-state index is 2.42. The van der Waals surface area contributed by atoms with Crippen LogP contribution in [-0.2, 0) is 0 Å². The molecule has 0 N–H and O–H groups in total. The van der Waals surface area contributed by atoms with Crippen molar-refractivity contribution in [2.75, 3.05) is 0 Å². The fourth-order valence-electron chi connectivity index (χ4n) is 1.62. The highest BCUT2D eigenvalue weighted by Crippen LogP contribution is 2.30. The first-order valence-corrected chi connectivity index (χ1v) is 6.02. The number of hydrogen-bond donors (Lipinski definition) is 0. The van der Waals surface area contributed by atoms with Crippen molar-refractivity contribution in [3.8, 4) is 0 Å². The van der Waals surface area contributed by atoms with Crippen LogP contribution in [0.15, 0.2) is 0 Å². The molecule has 0 nitrogen and oxygen atoms in total. The summed E-state index contributed by atoms with van der Waals surface area (Å²) in [5, 5.41) is 0. The second kappa shape index (κ2) is 6.45. The highest BCUT2D eigenvalue weighted by molar-refractivity contribution is 4.69. The van der Waals surface area contributed by atoms with Gasteiger partial charge in [-0.1, -0.05) is 60.3 Å². The van der Waals surface area contributed by atoms with Crippen molar-refractivity contribution >= 4 is 0 Å². The summed E-state index contributed by atoms with van der Waals surface area (Å²) >= 11 is 0. The average Bonchev–Trinajstić information content (AvgIpc) is 2.11. The third-order valence-electron chi connectivity index (χ3n) is 3.22. The Morgan fingerprint density at radius 3 is 2.15 bits per heavy atom. The lowest BCUT2D eigenvalue weighted by Gasteiger charge is -2.25. The van der Waals surface area contributed by atoms with Crippen LogP contribution in [0, 0.1) is 11.3 Å². The van der Waals surface area contributed by atoms with Gasteiger partial charge in [0.05, 0.1) is 0 Å². The Morgan fingerprint density at radius 2 is 1.69 bits per heavy atom. The van der Waals surface area contributed by atoms with E-state index in [1.165, 1.54) is 38.5 Å². The molecule has 0 aromatic heterocycles. The Bertz CT molecular complexity index is 113. The molecule has 0 aliphatic heterocycles. The summed E-state index contributed by atoms with van der Waals surface area (Å²) in [7, 11) is 0. The highest BCUT2D eigenvalue weighted by atomic mass is 14.2. The van der Waals surface area contributed by atoms with E-state index in [1.54, 1.807) is 0 Å². The molecule has 1 unspecified atom stereocenters. The molecule has 80 valence electrons. The van der Waals surface area contributed by atoms with Gasteiger partial charge < -0.3 is 0 Å². The highest BCUT2D eigenvalue weighted by Gasteiger charge is 2.17. The Balaban J connectivity index is 3.61. The second-order valence-electron chi connectivity index (χ2n) is 5.32. The van der Waals surface area contributed by atoms with Crippen LogP contribution in [0.5, 0.6) is 0 Å². The van der Waals surface area contributed by atoms with Gasteiger partial charge in [0.1, 0.15) is 0 Å². The van der Waals surface area contributed by atoms with Crippen LogP contribution in [0.3, 0.4) is 0 Å². The summed E-state index contributed by atoms with van der Waals surface area (Å²) in [4.78, 5) is 0. The molecule has 0 spiro atoms. The molecule has 0 amide bonds. The minimum absolute atomic E-state index is 0.583. The molecule has 0 rings (SSSR count). The van der Waals surface area contributed by atoms with E-state index < -0.39 is 0 Å². The lowest BCUT2D eigenvalue weighted by molar-refractivity contribution is 0.268. The van der Waals surface area contributed by atoms with Gasteiger partial charge in [-0.15, -0.1) is 0 Å². The first-order valence-electron chi connectivity index (χ1n) is 6.02. The Hall–Kier alpha value is 0. The van der Waals surface area contributed by atoms with Crippen LogP contribution < -0.4 is 0 Å². The van der Waals surface area contributed by atoms with E-state index in [-0.39, 0.29) is 0 Å². The fraction of sp³-hybridized carbons (Fsp3) is 1.00. The molecule has 0 bridgehead atoms. The number of unbranched alkanes of at least 4 members (excludes halogenated alkanes) is 1. The summed E-state index contributed by atoms with van der Waals surface area (Å²) in [5.74, 6) is 0.918. The van der Waals surface area contributed by atoms with E-state index >= 15 is 0 Å². The Labute approximate surface area is 85.1 Å². The van der Waals surface area contributed by atoms with Gasteiger partial charge in [0.2, 0.25) is 0 Å². The smallest absolute Gasteiger partial charge is 0.0354 e. The summed E-state index contributed by atoms with van der Waals surface area (Å²) in [5.41, 5.74) is 0.583. The van der Waals surface area contributed by atoms with Gasteiger partial charge in [-0.2, -0.15) is 0 Å². The van der Waals surface area contributed by atoms with Gasteiger partial charge in [0, 0.05) is 0 Å². The van der Waals surface area contributed by atoms with Gasteiger partial charge in [-0.05, 0) is 24.2 Å². The van der Waals surface area contributed by atoms with E-state index in [0.29, 0.717) is 5.41 Å². The second-order valence-corrected chi connectivity index (χ2v) is 5.32. The molecular weight excluding hydrogens is 156 g/mol. The molecule has 0 heterocycles. The first kappa shape index (κ1) is 13.0. The monoisotopic (exact) mass is 184 g/mol. The zero-order valence-electron chi connectivity index (χ0n) is 10.3. The Morgan fingerprint density at radius 1 is 1.08 bits per heavy atom. The van der Waals surface area contributed by atoms with Crippen molar-refractivity contribution in [2.45, 2.75) is 73.1 Å². The van der Waals surface area contributed by atoms with Crippen LogP contribution in [0.25, 0.3) is 0 Å². The number of hydrogen-bond acceptors (Lipinski definition) is 0. The average molecular weight is 184 g/mol. The topological polar surface area (TPSA) is 0 Å². The molecule has 0 aromatic carbocycles. The van der Waals surface area contributed by atoms with Crippen molar-refractivity contribution in [3.63, 3.8) is 0 Å². The fourth-order valence-corrected chi connectivity index (χ4v) is 1.62. The molecule has 1 atom stereocenters. The molecule has 0 saturated heterocycles. The van der Waals surface area contributed by atoms with Gasteiger partial charge in [0.15, 0.2) is 0 Å². The van der Waals surface area contributed by atoms with Crippen molar-refractivity contribution in [1.29, 1.82) is 0 Å². The maximum atomic E-state index is 2.42. The summed E-state index contributed by atoms with van der Waals surface area (Å²) < 4.78 is 0. The standard InChI is InChI=1S/C13H28/c1-6-8-10-13(4,5)11-9-12(3)7-2/h12H,6-11H2,1-5H3. The van der Waals surface area contributed by atoms with E-state index in [0.717, 1.165) is 5.92 Å². The van der Waals surface area contributed by atoms with Gasteiger partial charge in [-0.3, -0.25) is 0 Å². The minimum Gasteiger partial charge on any atom is -0.0654 e. The molecule has 0 heteroatoms. The van der Waals surface area contributed by atoms with Gasteiger partial charge >= 0.3 is 0 Å². The molecule has 0 aromatic rings. The molecule has 0 fully saturated rings. The van der Waals surface area contributed by atoms with Crippen molar-refractivity contribution in [1.82, 2.24) is 0 Å². The van der Waals surface area contributed by atoms with Gasteiger partial charge in [0.25, 0.3) is 0 Å². The molecule has 0 radical (unpaired) electrons. The van der Waals surface area contributed by atoms with Gasteiger partial charge in [-0.25, -0.2) is 0 Å². The molecule has 13 heavy (non-hydrogen) atoms. The molecule has 0 aliphatic carbocycles. The van der Waals surface area contributed by atoms with Crippen LogP contribution in [0.4, 0.5) is 0 Å². The first-order chi connectivity index (χ1) is 6.02. The summed E-state index contributed by atoms with van der Waals surface area (Å²) in [6.45, 7) is 11.8. The van der Waals surface area contributed by atoms with E-state index in [1.807, 2.05) is 0 Å². The van der Waals surface area contributed by atoms with Crippen molar-refractivity contribution < 1.29 is 0 Å². The quantitative estimate of drug-likeness (QED) is 0.520. The van der Waals surface area contributed by atoms with Crippen LogP contribution in [0.1, 0.15) is 73.1 Å². The zero-order chi connectivity index (χ0) is 10.3. The minimum atomic E-state index is 0.583. The van der Waals surface area contributed by atoms with E-state index in [9.17, 15) is 0 Å². The third-order valence-corrected chi connectivity index (χ3v) is 3.22.